The minimum absolute atomic E-state index is 0.0809. The molecule has 0 unspecified atom stereocenters. The van der Waals surface area contributed by atoms with Crippen LogP contribution < -0.4 is 5.32 Å². The Bertz CT molecular complexity index is 1040. The van der Waals surface area contributed by atoms with Crippen molar-refractivity contribution in [1.82, 2.24) is 9.62 Å². The van der Waals surface area contributed by atoms with Crippen molar-refractivity contribution in [1.29, 1.82) is 0 Å². The van der Waals surface area contributed by atoms with Crippen molar-refractivity contribution in [3.8, 4) is 5.75 Å². The minimum Gasteiger partial charge on any atom is -0.508 e. The highest BCUT2D eigenvalue weighted by Gasteiger charge is 2.25. The third-order valence-electron chi connectivity index (χ3n) is 5.78. The number of amides is 1. The van der Waals surface area contributed by atoms with Crippen LogP contribution in [0.2, 0.25) is 0 Å². The summed E-state index contributed by atoms with van der Waals surface area (Å²) in [5.41, 5.74) is 1.48. The van der Waals surface area contributed by atoms with E-state index in [1.807, 2.05) is 0 Å². The van der Waals surface area contributed by atoms with E-state index in [4.69, 9.17) is 0 Å². The Labute approximate surface area is 194 Å². The molecule has 1 aliphatic heterocycles. The molecule has 2 aromatic carbocycles. The third-order valence-corrected chi connectivity index (χ3v) is 7.69. The maximum absolute atomic E-state index is 12.9. The average Bonchev–Trinajstić information content (AvgIpc) is 3.09. The number of aryl methyl sites for hydroxylation is 1. The SMILES string of the molecule is O=C(CCc1ccc(S(=O)(=O)N2CCCCCC2)cc1)N[C@@H](Cc1ccc(O)cc1)C(=O)O. The molecular formula is C24H30N2O6S. The molecule has 0 radical (unpaired) electrons. The zero-order chi connectivity index (χ0) is 23.8. The summed E-state index contributed by atoms with van der Waals surface area (Å²) in [4.78, 5) is 24.1. The molecule has 178 valence electrons. The van der Waals surface area contributed by atoms with Gasteiger partial charge in [-0.1, -0.05) is 37.1 Å². The van der Waals surface area contributed by atoms with E-state index < -0.39 is 27.9 Å². The molecule has 0 spiro atoms. The number of carboxylic acid groups (broad SMARTS) is 1. The highest BCUT2D eigenvalue weighted by Crippen LogP contribution is 2.21. The lowest BCUT2D eigenvalue weighted by Gasteiger charge is -2.20. The van der Waals surface area contributed by atoms with Crippen molar-refractivity contribution in [2.75, 3.05) is 13.1 Å². The molecule has 1 aliphatic rings. The van der Waals surface area contributed by atoms with Gasteiger partial charge in [-0.15, -0.1) is 0 Å². The van der Waals surface area contributed by atoms with Gasteiger partial charge in [0.2, 0.25) is 15.9 Å². The summed E-state index contributed by atoms with van der Waals surface area (Å²) in [5, 5.41) is 21.3. The topological polar surface area (TPSA) is 124 Å². The van der Waals surface area contributed by atoms with Gasteiger partial charge in [-0.2, -0.15) is 4.31 Å². The molecule has 3 rings (SSSR count). The third kappa shape index (κ3) is 7.03. The van der Waals surface area contributed by atoms with Gasteiger partial charge in [0.25, 0.3) is 0 Å². The van der Waals surface area contributed by atoms with Crippen LogP contribution in [0.25, 0.3) is 0 Å². The number of carboxylic acids is 1. The number of nitrogens with zero attached hydrogens (tertiary/aromatic N) is 1. The van der Waals surface area contributed by atoms with Gasteiger partial charge in [-0.25, -0.2) is 13.2 Å². The number of phenols is 1. The molecule has 1 heterocycles. The standard InChI is InChI=1S/C24H30N2O6S/c27-20-10-5-19(6-11-20)17-22(24(29)30)25-23(28)14-9-18-7-12-21(13-8-18)33(31,32)26-15-3-1-2-4-16-26/h5-8,10-13,22,27H,1-4,9,14-17H2,(H,25,28)(H,29,30)/t22-/m0/s1. The second kappa shape index (κ2) is 11.3. The Balaban J connectivity index is 1.54. The maximum Gasteiger partial charge on any atom is 0.326 e. The number of sulfonamides is 1. The fourth-order valence-corrected chi connectivity index (χ4v) is 5.37. The number of nitrogens with one attached hydrogen (secondary N) is 1. The molecule has 2 aromatic rings. The summed E-state index contributed by atoms with van der Waals surface area (Å²) in [6.45, 7) is 1.08. The number of aliphatic carboxylic acids is 1. The van der Waals surface area contributed by atoms with E-state index >= 15 is 0 Å². The number of carbonyl (C=O) groups is 2. The van der Waals surface area contributed by atoms with Gasteiger partial charge in [0, 0.05) is 25.9 Å². The zero-order valence-corrected chi connectivity index (χ0v) is 19.3. The summed E-state index contributed by atoms with van der Waals surface area (Å²) in [5.74, 6) is -1.46. The summed E-state index contributed by atoms with van der Waals surface area (Å²) in [6.07, 6.45) is 4.38. The number of carbonyl (C=O) groups excluding carboxylic acids is 1. The number of benzene rings is 2. The Morgan fingerprint density at radius 3 is 2.06 bits per heavy atom. The van der Waals surface area contributed by atoms with E-state index in [1.54, 1.807) is 40.7 Å². The lowest BCUT2D eigenvalue weighted by Crippen LogP contribution is -2.42. The number of phenolic OH excluding ortho intramolecular Hbond substituents is 1. The van der Waals surface area contributed by atoms with Gasteiger partial charge >= 0.3 is 5.97 Å². The minimum atomic E-state index is -3.52. The molecule has 0 aliphatic carbocycles. The smallest absolute Gasteiger partial charge is 0.326 e. The van der Waals surface area contributed by atoms with Crippen molar-refractivity contribution in [2.24, 2.45) is 0 Å². The molecule has 0 saturated carbocycles. The van der Waals surface area contributed by atoms with Gasteiger partial charge in [0.15, 0.2) is 0 Å². The van der Waals surface area contributed by atoms with Crippen molar-refractivity contribution in [3.63, 3.8) is 0 Å². The van der Waals surface area contributed by atoms with E-state index in [0.717, 1.165) is 31.2 Å². The Hall–Kier alpha value is -2.91. The van der Waals surface area contributed by atoms with Crippen molar-refractivity contribution >= 4 is 21.9 Å². The number of hydrogen-bond donors (Lipinski definition) is 3. The van der Waals surface area contributed by atoms with E-state index in [1.165, 1.54) is 12.1 Å². The Morgan fingerprint density at radius 1 is 0.909 bits per heavy atom. The first kappa shape index (κ1) is 24.7. The molecule has 1 atom stereocenters. The van der Waals surface area contributed by atoms with Crippen LogP contribution >= 0.6 is 0 Å². The van der Waals surface area contributed by atoms with Crippen LogP contribution in [0, 0.1) is 0 Å². The normalized spacial score (nSPS) is 16.0. The molecule has 1 fully saturated rings. The predicted octanol–water partition coefficient (Wildman–Crippen LogP) is 2.70. The van der Waals surface area contributed by atoms with Gasteiger partial charge < -0.3 is 15.5 Å². The first-order chi connectivity index (χ1) is 15.8. The van der Waals surface area contributed by atoms with Crippen LogP contribution in [0.5, 0.6) is 5.75 Å². The Kier molecular flexibility index (Phi) is 8.46. The molecule has 0 bridgehead atoms. The van der Waals surface area contributed by atoms with Crippen LogP contribution in [-0.4, -0.2) is 53.9 Å². The molecule has 9 heteroatoms. The molecule has 3 N–H and O–H groups in total. The first-order valence-electron chi connectivity index (χ1n) is 11.1. The van der Waals surface area contributed by atoms with Crippen LogP contribution in [0.15, 0.2) is 53.4 Å². The zero-order valence-electron chi connectivity index (χ0n) is 18.4. The summed E-state index contributed by atoms with van der Waals surface area (Å²) in [7, 11) is -3.52. The van der Waals surface area contributed by atoms with E-state index in [2.05, 4.69) is 5.32 Å². The number of rotatable bonds is 9. The maximum atomic E-state index is 12.9. The second-order valence-electron chi connectivity index (χ2n) is 8.29. The highest BCUT2D eigenvalue weighted by molar-refractivity contribution is 7.89. The van der Waals surface area contributed by atoms with Crippen LogP contribution in [0.3, 0.4) is 0 Å². The summed E-state index contributed by atoms with van der Waals surface area (Å²) in [6, 6.07) is 11.6. The molecule has 1 amide bonds. The van der Waals surface area contributed by atoms with Gasteiger partial charge in [0.05, 0.1) is 4.90 Å². The first-order valence-corrected chi connectivity index (χ1v) is 12.6. The van der Waals surface area contributed by atoms with Crippen molar-refractivity contribution in [2.45, 2.75) is 55.9 Å². The van der Waals surface area contributed by atoms with E-state index in [0.29, 0.717) is 25.1 Å². The lowest BCUT2D eigenvalue weighted by atomic mass is 10.0. The average molecular weight is 475 g/mol. The largest absolute Gasteiger partial charge is 0.508 e. The van der Waals surface area contributed by atoms with E-state index in [-0.39, 0.29) is 23.5 Å². The lowest BCUT2D eigenvalue weighted by molar-refractivity contribution is -0.141. The second-order valence-corrected chi connectivity index (χ2v) is 10.2. The predicted molar refractivity (Wildman–Crippen MR) is 123 cm³/mol. The molecule has 0 aromatic heterocycles. The summed E-state index contributed by atoms with van der Waals surface area (Å²) >= 11 is 0. The van der Waals surface area contributed by atoms with Crippen molar-refractivity contribution in [3.05, 3.63) is 59.7 Å². The van der Waals surface area contributed by atoms with Crippen LogP contribution in [0.4, 0.5) is 0 Å². The van der Waals surface area contributed by atoms with E-state index in [9.17, 15) is 28.2 Å². The fourth-order valence-electron chi connectivity index (χ4n) is 3.85. The Morgan fingerprint density at radius 2 is 1.48 bits per heavy atom. The van der Waals surface area contributed by atoms with Gasteiger partial charge in [-0.05, 0) is 54.7 Å². The molecule has 1 saturated heterocycles. The summed E-state index contributed by atoms with van der Waals surface area (Å²) < 4.78 is 27.3. The fraction of sp³-hybridized carbons (Fsp3) is 0.417. The highest BCUT2D eigenvalue weighted by atomic mass is 32.2. The van der Waals surface area contributed by atoms with Crippen LogP contribution in [0.1, 0.15) is 43.2 Å². The van der Waals surface area contributed by atoms with Crippen LogP contribution in [-0.2, 0) is 32.5 Å². The van der Waals surface area contributed by atoms with Gasteiger partial charge in [0.1, 0.15) is 11.8 Å². The number of aromatic hydroxyl groups is 1. The monoisotopic (exact) mass is 474 g/mol. The molecule has 33 heavy (non-hydrogen) atoms. The molecular weight excluding hydrogens is 444 g/mol. The van der Waals surface area contributed by atoms with Crippen molar-refractivity contribution < 1.29 is 28.2 Å². The molecule has 8 nitrogen and oxygen atoms in total. The quantitative estimate of drug-likeness (QED) is 0.513. The number of hydrogen-bond acceptors (Lipinski definition) is 5. The van der Waals surface area contributed by atoms with Gasteiger partial charge in [-0.3, -0.25) is 4.79 Å².